The van der Waals surface area contributed by atoms with Crippen LogP contribution in [0.4, 0.5) is 51.2 Å². The Morgan fingerprint density at radius 3 is 1.69 bits per heavy atom. The lowest BCUT2D eigenvalue weighted by molar-refractivity contribution is 0.616. The van der Waals surface area contributed by atoms with E-state index in [-0.39, 0.29) is 6.71 Å². The Hall–Kier alpha value is -6.92. The summed E-state index contributed by atoms with van der Waals surface area (Å²) < 4.78 is 13.1. The van der Waals surface area contributed by atoms with Gasteiger partial charge in [0.1, 0.15) is 11.2 Å². The van der Waals surface area contributed by atoms with Gasteiger partial charge in [-0.3, -0.25) is 0 Å². The van der Waals surface area contributed by atoms with Crippen molar-refractivity contribution in [2.45, 2.75) is 0 Å². The zero-order valence-electron chi connectivity index (χ0n) is 28.1. The zero-order valence-corrected chi connectivity index (χ0v) is 28.1. The fourth-order valence-electron chi connectivity index (χ4n) is 8.39. The molecule has 0 atom stereocenters. The SMILES string of the molecule is c1ccc(N(c2ccccc2)c2cc3c4c(c2)N(c2ccccc2)c2c(oc5ccccc25)B4c2c(ccc4occc24)N3c2ccccc2)cc1. The summed E-state index contributed by atoms with van der Waals surface area (Å²) >= 11 is 0. The molecule has 244 valence electrons. The van der Waals surface area contributed by atoms with Gasteiger partial charge in [-0.15, -0.1) is 0 Å². The van der Waals surface area contributed by atoms with E-state index in [0.717, 1.165) is 78.8 Å². The Morgan fingerprint density at radius 1 is 0.442 bits per heavy atom. The van der Waals surface area contributed by atoms with Gasteiger partial charge in [0.25, 0.3) is 6.71 Å². The molecule has 52 heavy (non-hydrogen) atoms. The third-order valence-corrected chi connectivity index (χ3v) is 10.5. The highest BCUT2D eigenvalue weighted by Gasteiger charge is 2.48. The molecular formula is C46H30BN3O2. The van der Waals surface area contributed by atoms with Crippen LogP contribution in [-0.4, -0.2) is 6.71 Å². The van der Waals surface area contributed by atoms with Crippen LogP contribution in [0.25, 0.3) is 21.9 Å². The normalized spacial score (nSPS) is 12.9. The third-order valence-electron chi connectivity index (χ3n) is 10.5. The van der Waals surface area contributed by atoms with Crippen molar-refractivity contribution in [2.75, 3.05) is 14.7 Å². The lowest BCUT2D eigenvalue weighted by atomic mass is 9.35. The van der Waals surface area contributed by atoms with Crippen molar-refractivity contribution in [3.05, 3.63) is 182 Å². The number of hydrogen-bond donors (Lipinski definition) is 0. The third kappa shape index (κ3) is 4.18. The standard InChI is InChI=1S/C46H30BN3O2/c1-5-15-31(16-6-1)48(32-17-7-2-8-18-32)35-29-39-44-40(30-35)50(34-21-11-4-12-22-34)45-37-23-13-14-24-42(37)52-46(45)47(44)43-36-27-28-51-41(36)26-25-38(43)49(39)33-19-9-3-10-20-33/h1-30H. The highest BCUT2D eigenvalue weighted by molar-refractivity contribution is 7.01. The molecule has 5 nitrogen and oxygen atoms in total. The van der Waals surface area contributed by atoms with Gasteiger partial charge in [-0.25, -0.2) is 0 Å². The molecule has 2 aromatic heterocycles. The van der Waals surface area contributed by atoms with Crippen molar-refractivity contribution in [2.24, 2.45) is 0 Å². The van der Waals surface area contributed by atoms with Gasteiger partial charge in [0.05, 0.1) is 23.3 Å². The van der Waals surface area contributed by atoms with Crippen molar-refractivity contribution in [1.29, 1.82) is 0 Å². The van der Waals surface area contributed by atoms with Gasteiger partial charge in [0, 0.05) is 50.6 Å². The number of furan rings is 2. The fraction of sp³-hybridized carbons (Fsp3) is 0. The molecule has 0 spiro atoms. The van der Waals surface area contributed by atoms with E-state index < -0.39 is 0 Å². The van der Waals surface area contributed by atoms with Gasteiger partial charge < -0.3 is 23.5 Å². The molecule has 0 radical (unpaired) electrons. The molecule has 11 rings (SSSR count). The van der Waals surface area contributed by atoms with Crippen LogP contribution in [0.2, 0.25) is 0 Å². The van der Waals surface area contributed by atoms with Crippen LogP contribution in [0, 0.1) is 0 Å². The molecule has 0 aliphatic carbocycles. The Morgan fingerprint density at radius 2 is 1.02 bits per heavy atom. The number of nitrogens with zero attached hydrogens (tertiary/aromatic N) is 3. The summed E-state index contributed by atoms with van der Waals surface area (Å²) in [6.07, 6.45) is 1.80. The quantitative estimate of drug-likeness (QED) is 0.171. The molecule has 0 saturated heterocycles. The van der Waals surface area contributed by atoms with Crippen LogP contribution in [0.1, 0.15) is 0 Å². The van der Waals surface area contributed by atoms with Crippen LogP contribution in [0.15, 0.2) is 191 Å². The van der Waals surface area contributed by atoms with E-state index in [4.69, 9.17) is 8.83 Å². The molecule has 0 amide bonds. The summed E-state index contributed by atoms with van der Waals surface area (Å²) in [4.78, 5) is 7.19. The second-order valence-electron chi connectivity index (χ2n) is 13.3. The summed E-state index contributed by atoms with van der Waals surface area (Å²) in [5.41, 5.74) is 14.7. The number of para-hydroxylation sites is 5. The predicted octanol–water partition coefficient (Wildman–Crippen LogP) is 10.7. The molecule has 0 unspecified atom stereocenters. The van der Waals surface area contributed by atoms with E-state index in [1.165, 1.54) is 10.9 Å². The predicted molar refractivity (Wildman–Crippen MR) is 215 cm³/mol. The van der Waals surface area contributed by atoms with Crippen LogP contribution < -0.4 is 31.3 Å². The summed E-state index contributed by atoms with van der Waals surface area (Å²) in [6.45, 7) is -0.195. The molecule has 2 aliphatic rings. The minimum atomic E-state index is -0.195. The smallest absolute Gasteiger partial charge is 0.298 e. The largest absolute Gasteiger partial charge is 0.468 e. The maximum absolute atomic E-state index is 7.03. The van der Waals surface area contributed by atoms with E-state index in [1.54, 1.807) is 6.26 Å². The van der Waals surface area contributed by atoms with Gasteiger partial charge in [0.2, 0.25) is 0 Å². The minimum absolute atomic E-state index is 0.195. The molecular weight excluding hydrogens is 637 g/mol. The first kappa shape index (κ1) is 28.9. The van der Waals surface area contributed by atoms with E-state index in [9.17, 15) is 0 Å². The van der Waals surface area contributed by atoms with Gasteiger partial charge in [0.15, 0.2) is 0 Å². The average Bonchev–Trinajstić information content (AvgIpc) is 3.85. The van der Waals surface area contributed by atoms with Crippen molar-refractivity contribution in [1.82, 2.24) is 0 Å². The maximum atomic E-state index is 7.03. The molecule has 7 aromatic carbocycles. The van der Waals surface area contributed by atoms with Gasteiger partial charge in [-0.1, -0.05) is 84.9 Å². The Kier molecular flexibility index (Phi) is 6.28. The lowest BCUT2D eigenvalue weighted by Crippen LogP contribution is -2.61. The molecule has 6 heteroatoms. The Balaban J connectivity index is 1.31. The molecule has 0 N–H and O–H groups in total. The Labute approximate surface area is 301 Å². The second-order valence-corrected chi connectivity index (χ2v) is 13.3. The number of anilines is 9. The maximum Gasteiger partial charge on any atom is 0.298 e. The summed E-state index contributed by atoms with van der Waals surface area (Å²) in [5.74, 6) is 0. The van der Waals surface area contributed by atoms with E-state index >= 15 is 0 Å². The van der Waals surface area contributed by atoms with Crippen molar-refractivity contribution >= 4 is 96.4 Å². The average molecular weight is 668 g/mol. The molecule has 0 saturated carbocycles. The zero-order chi connectivity index (χ0) is 34.2. The number of hydrogen-bond acceptors (Lipinski definition) is 5. The van der Waals surface area contributed by atoms with Crippen LogP contribution in [-0.2, 0) is 0 Å². The van der Waals surface area contributed by atoms with Gasteiger partial charge >= 0.3 is 0 Å². The summed E-state index contributed by atoms with van der Waals surface area (Å²) in [6, 6.07) is 62.2. The van der Waals surface area contributed by atoms with Gasteiger partial charge in [-0.05, 0) is 102 Å². The number of rotatable bonds is 5. The van der Waals surface area contributed by atoms with Crippen molar-refractivity contribution < 1.29 is 8.83 Å². The number of benzene rings is 7. The molecule has 4 heterocycles. The van der Waals surface area contributed by atoms with E-state index in [0.29, 0.717) is 0 Å². The summed E-state index contributed by atoms with van der Waals surface area (Å²) in [7, 11) is 0. The molecule has 0 fully saturated rings. The topological polar surface area (TPSA) is 36.0 Å². The van der Waals surface area contributed by atoms with Crippen molar-refractivity contribution in [3.63, 3.8) is 0 Å². The van der Waals surface area contributed by atoms with Crippen LogP contribution >= 0.6 is 0 Å². The molecule has 2 aliphatic heterocycles. The second kappa shape index (κ2) is 11.3. The number of fused-ring (bicyclic) bond motifs is 8. The van der Waals surface area contributed by atoms with Crippen molar-refractivity contribution in [3.8, 4) is 0 Å². The highest BCUT2D eigenvalue weighted by Crippen LogP contribution is 2.50. The Bertz CT molecular complexity index is 2720. The molecule has 9 aromatic rings. The first-order valence-electron chi connectivity index (χ1n) is 17.6. The first-order valence-corrected chi connectivity index (χ1v) is 17.6. The highest BCUT2D eigenvalue weighted by atomic mass is 16.3. The van der Waals surface area contributed by atoms with E-state index in [2.05, 4.69) is 191 Å². The lowest BCUT2D eigenvalue weighted by Gasteiger charge is -2.43. The summed E-state index contributed by atoms with van der Waals surface area (Å²) in [5, 5.41) is 2.16. The van der Waals surface area contributed by atoms with Gasteiger partial charge in [-0.2, -0.15) is 0 Å². The minimum Gasteiger partial charge on any atom is -0.468 e. The van der Waals surface area contributed by atoms with E-state index in [1.807, 2.05) is 0 Å². The van der Waals surface area contributed by atoms with Crippen LogP contribution in [0.5, 0.6) is 0 Å². The molecule has 0 bridgehead atoms. The monoisotopic (exact) mass is 667 g/mol. The van der Waals surface area contributed by atoms with Crippen LogP contribution in [0.3, 0.4) is 0 Å². The fourth-order valence-corrected chi connectivity index (χ4v) is 8.39. The first-order chi connectivity index (χ1) is 25.8.